The Bertz CT molecular complexity index is 1770. The van der Waals surface area contributed by atoms with Gasteiger partial charge in [0, 0.05) is 23.6 Å². The lowest BCUT2D eigenvalue weighted by atomic mass is 10.1. The zero-order valence-electron chi connectivity index (χ0n) is 27.7. The molecule has 1 aliphatic rings. The first-order valence-electron chi connectivity index (χ1n) is 15.6. The molecule has 1 aliphatic heterocycles. The van der Waals surface area contributed by atoms with E-state index in [1.54, 1.807) is 31.4 Å². The van der Waals surface area contributed by atoms with Crippen LogP contribution in [0.1, 0.15) is 33.0 Å². The highest BCUT2D eigenvalue weighted by Gasteiger charge is 2.19. The average molecular weight is 663 g/mol. The van der Waals surface area contributed by atoms with Crippen LogP contribution < -0.4 is 21.7 Å². The number of para-hydroxylation sites is 2. The van der Waals surface area contributed by atoms with Crippen LogP contribution in [-0.4, -0.2) is 28.2 Å². The number of anilines is 3. The maximum absolute atomic E-state index is 11.9. The number of ether oxygens (including phenoxy) is 1. The number of carboxylic acids is 2. The normalized spacial score (nSPS) is 15.3. The van der Waals surface area contributed by atoms with Gasteiger partial charge < -0.3 is 36.2 Å². The van der Waals surface area contributed by atoms with Crippen LogP contribution in [0.25, 0.3) is 5.76 Å². The number of rotatable bonds is 14. The van der Waals surface area contributed by atoms with Crippen LogP contribution in [0.15, 0.2) is 167 Å². The number of allylic oxidation sites excluding steroid dienone is 4. The van der Waals surface area contributed by atoms with Crippen molar-refractivity contribution in [3.8, 4) is 0 Å². The SMILES string of the molecule is C=C/C=C(\OC1=CC(C\C=C(/C=C(N)/C(N)=C/C(=C\C)C(=O)O)C(=O)O)NC=C1)c1ccc(N(c2ccccc2)c2ccccc2)o1.CC. The Morgan fingerprint density at radius 2 is 1.49 bits per heavy atom. The number of aliphatic carboxylic acids is 2. The second-order valence-electron chi connectivity index (χ2n) is 10.1. The van der Waals surface area contributed by atoms with E-state index in [9.17, 15) is 19.8 Å². The van der Waals surface area contributed by atoms with Crippen molar-refractivity contribution >= 4 is 35.0 Å². The molecule has 0 amide bonds. The van der Waals surface area contributed by atoms with Crippen LogP contribution in [0, 0.1) is 0 Å². The molecule has 0 saturated carbocycles. The standard InChI is InChI=1S/C37H36N4O6.C2H6/c1-3-11-33(34-18-19-35(47-34)41(28-12-7-5-8-13-28)29-14-9-6-10-15-29)46-30-20-21-40-27(24-30)17-16-26(37(44)45)23-32(39)31(38)22-25(4-2)36(42)43;1-2/h3-16,18-24,27,40H,1,17,38-39H2,2H3,(H,42,43)(H,44,45);1-2H3/b25-4+,26-16+,31-22-,32-23-,33-11-;. The van der Waals surface area contributed by atoms with Crippen molar-refractivity contribution in [2.24, 2.45) is 11.5 Å². The van der Waals surface area contributed by atoms with Gasteiger partial charge in [0.1, 0.15) is 5.76 Å². The summed E-state index contributed by atoms with van der Waals surface area (Å²) < 4.78 is 12.6. The lowest BCUT2D eigenvalue weighted by Gasteiger charge is -2.22. The summed E-state index contributed by atoms with van der Waals surface area (Å²) >= 11 is 0. The molecule has 0 bridgehead atoms. The van der Waals surface area contributed by atoms with Crippen molar-refractivity contribution in [1.82, 2.24) is 5.32 Å². The van der Waals surface area contributed by atoms with Gasteiger partial charge in [0.05, 0.1) is 28.6 Å². The molecule has 0 saturated heterocycles. The van der Waals surface area contributed by atoms with Gasteiger partial charge in [0.2, 0.25) is 5.88 Å². The van der Waals surface area contributed by atoms with Crippen LogP contribution in [0.5, 0.6) is 0 Å². The molecule has 10 nitrogen and oxygen atoms in total. The Kier molecular flexibility index (Phi) is 14.1. The number of dihydropyridines is 1. The minimum absolute atomic E-state index is 0.0692. The monoisotopic (exact) mass is 662 g/mol. The van der Waals surface area contributed by atoms with Gasteiger partial charge in [-0.25, -0.2) is 9.59 Å². The minimum atomic E-state index is -1.22. The molecule has 3 aromatic rings. The van der Waals surface area contributed by atoms with E-state index in [0.717, 1.165) is 11.4 Å². The molecule has 254 valence electrons. The summed E-state index contributed by atoms with van der Waals surface area (Å²) in [5, 5.41) is 22.1. The molecule has 0 aliphatic carbocycles. The summed E-state index contributed by atoms with van der Waals surface area (Å²) in [6.07, 6.45) is 14.0. The topological polar surface area (TPSA) is 164 Å². The van der Waals surface area contributed by atoms with Crippen LogP contribution in [-0.2, 0) is 14.3 Å². The molecule has 49 heavy (non-hydrogen) atoms. The maximum atomic E-state index is 11.9. The van der Waals surface area contributed by atoms with Gasteiger partial charge in [-0.1, -0.05) is 75.1 Å². The number of hydrogen-bond donors (Lipinski definition) is 5. The predicted octanol–water partition coefficient (Wildman–Crippen LogP) is 7.81. The Labute approximate surface area is 286 Å². The van der Waals surface area contributed by atoms with Crippen molar-refractivity contribution in [2.45, 2.75) is 33.2 Å². The van der Waals surface area contributed by atoms with Crippen LogP contribution >= 0.6 is 0 Å². The molecule has 1 atom stereocenters. The van der Waals surface area contributed by atoms with Gasteiger partial charge in [-0.15, -0.1) is 0 Å². The Morgan fingerprint density at radius 1 is 0.918 bits per heavy atom. The Balaban J connectivity index is 0.00000319. The number of nitrogens with zero attached hydrogens (tertiary/aromatic N) is 1. The molecule has 0 fully saturated rings. The number of carbonyl (C=O) groups is 2. The van der Waals surface area contributed by atoms with Gasteiger partial charge in [-0.3, -0.25) is 4.90 Å². The number of hydrogen-bond acceptors (Lipinski definition) is 8. The molecular formula is C39H42N4O6. The quantitative estimate of drug-likeness (QED) is 0.0653. The number of nitrogens with two attached hydrogens (primary N) is 2. The maximum Gasteiger partial charge on any atom is 0.335 e. The molecular weight excluding hydrogens is 620 g/mol. The highest BCUT2D eigenvalue weighted by atomic mass is 16.5. The van der Waals surface area contributed by atoms with Crippen LogP contribution in [0.4, 0.5) is 17.3 Å². The van der Waals surface area contributed by atoms with E-state index in [4.69, 9.17) is 20.6 Å². The first-order valence-corrected chi connectivity index (χ1v) is 15.6. The van der Waals surface area contributed by atoms with E-state index >= 15 is 0 Å². The lowest BCUT2D eigenvalue weighted by Crippen LogP contribution is -2.24. The first-order chi connectivity index (χ1) is 23.7. The molecule has 4 rings (SSSR count). The van der Waals surface area contributed by atoms with E-state index in [1.165, 1.54) is 24.3 Å². The fraction of sp³-hybridized carbons (Fsp3) is 0.128. The molecule has 2 heterocycles. The third-order valence-corrected chi connectivity index (χ3v) is 6.86. The summed E-state index contributed by atoms with van der Waals surface area (Å²) in [6.45, 7) is 9.36. The summed E-state index contributed by atoms with van der Waals surface area (Å²) in [6, 6.07) is 23.1. The van der Waals surface area contributed by atoms with Crippen LogP contribution in [0.3, 0.4) is 0 Å². The van der Waals surface area contributed by atoms with E-state index < -0.39 is 11.9 Å². The third-order valence-electron chi connectivity index (χ3n) is 6.86. The van der Waals surface area contributed by atoms with Gasteiger partial charge in [0.25, 0.3) is 0 Å². The number of furan rings is 1. The van der Waals surface area contributed by atoms with Crippen molar-refractivity contribution in [1.29, 1.82) is 0 Å². The van der Waals surface area contributed by atoms with Crippen molar-refractivity contribution in [3.63, 3.8) is 0 Å². The Hall–Kier alpha value is -6.42. The zero-order chi connectivity index (χ0) is 35.8. The highest BCUT2D eigenvalue weighted by molar-refractivity contribution is 5.91. The van der Waals surface area contributed by atoms with E-state index in [0.29, 0.717) is 23.2 Å². The second-order valence-corrected chi connectivity index (χ2v) is 10.1. The summed E-state index contributed by atoms with van der Waals surface area (Å²) in [4.78, 5) is 25.2. The fourth-order valence-electron chi connectivity index (χ4n) is 4.53. The van der Waals surface area contributed by atoms with Gasteiger partial charge in [-0.2, -0.15) is 0 Å². The van der Waals surface area contributed by atoms with E-state index in [-0.39, 0.29) is 35.0 Å². The summed E-state index contributed by atoms with van der Waals surface area (Å²) in [5.74, 6) is -0.416. The highest BCUT2D eigenvalue weighted by Crippen LogP contribution is 2.37. The molecule has 0 spiro atoms. The minimum Gasteiger partial charge on any atom is -0.478 e. The van der Waals surface area contributed by atoms with Crippen molar-refractivity contribution < 1.29 is 29.0 Å². The first kappa shape index (κ1) is 37.0. The van der Waals surface area contributed by atoms with Gasteiger partial charge >= 0.3 is 11.9 Å². The average Bonchev–Trinajstić information content (AvgIpc) is 3.60. The number of carboxylic acid groups (broad SMARTS) is 2. The van der Waals surface area contributed by atoms with Gasteiger partial charge in [0.15, 0.2) is 11.5 Å². The van der Waals surface area contributed by atoms with E-state index in [1.807, 2.05) is 97.6 Å². The molecule has 10 heteroatoms. The predicted molar refractivity (Wildman–Crippen MR) is 194 cm³/mol. The third kappa shape index (κ3) is 10.5. The number of nitrogens with one attached hydrogen (secondary N) is 1. The summed E-state index contributed by atoms with van der Waals surface area (Å²) in [7, 11) is 0. The zero-order valence-corrected chi connectivity index (χ0v) is 27.7. The molecule has 7 N–H and O–H groups in total. The molecule has 1 aromatic heterocycles. The molecule has 2 aromatic carbocycles. The second kappa shape index (κ2) is 18.7. The summed E-state index contributed by atoms with van der Waals surface area (Å²) in [5.41, 5.74) is 13.4. The Morgan fingerprint density at radius 3 is 2.02 bits per heavy atom. The molecule has 0 radical (unpaired) electrons. The van der Waals surface area contributed by atoms with Crippen molar-refractivity contribution in [2.75, 3.05) is 4.90 Å². The molecule has 1 unspecified atom stereocenters. The van der Waals surface area contributed by atoms with E-state index in [2.05, 4.69) is 11.9 Å². The smallest absolute Gasteiger partial charge is 0.335 e. The van der Waals surface area contributed by atoms with Gasteiger partial charge in [-0.05, 0) is 74.1 Å². The number of benzene rings is 2. The lowest BCUT2D eigenvalue weighted by molar-refractivity contribution is -0.133. The fourth-order valence-corrected chi connectivity index (χ4v) is 4.53. The van der Waals surface area contributed by atoms with Crippen LogP contribution in [0.2, 0.25) is 0 Å². The largest absolute Gasteiger partial charge is 0.478 e. The van der Waals surface area contributed by atoms with Crippen molar-refractivity contribution in [3.05, 3.63) is 168 Å².